The SMILES string of the molecule is COC1(OC)C=CC=CC1C(=O)C(O)c1ccccc1. The van der Waals surface area contributed by atoms with Gasteiger partial charge in [-0.2, -0.15) is 0 Å². The van der Waals surface area contributed by atoms with Crippen molar-refractivity contribution in [1.29, 1.82) is 0 Å². The van der Waals surface area contributed by atoms with Gasteiger partial charge >= 0.3 is 0 Å². The summed E-state index contributed by atoms with van der Waals surface area (Å²) in [6.07, 6.45) is 5.65. The summed E-state index contributed by atoms with van der Waals surface area (Å²) < 4.78 is 10.7. The van der Waals surface area contributed by atoms with Gasteiger partial charge < -0.3 is 14.6 Å². The fourth-order valence-electron chi connectivity index (χ4n) is 2.34. The fraction of sp³-hybridized carbons (Fsp3) is 0.312. The van der Waals surface area contributed by atoms with Crippen molar-refractivity contribution in [1.82, 2.24) is 0 Å². The van der Waals surface area contributed by atoms with Crippen LogP contribution in [-0.4, -0.2) is 30.9 Å². The Balaban J connectivity index is 2.28. The Hall–Kier alpha value is -1.75. The third-order valence-corrected chi connectivity index (χ3v) is 3.51. The van der Waals surface area contributed by atoms with E-state index in [1.807, 2.05) is 6.07 Å². The standard InChI is InChI=1S/C16H18O4/c1-19-16(20-2)11-7-6-10-13(16)15(18)14(17)12-8-4-3-5-9-12/h3-11,13-14,17H,1-2H3. The summed E-state index contributed by atoms with van der Waals surface area (Å²) in [6, 6.07) is 8.82. The van der Waals surface area contributed by atoms with Gasteiger partial charge in [-0.05, 0) is 11.6 Å². The van der Waals surface area contributed by atoms with Crippen LogP contribution < -0.4 is 0 Å². The topological polar surface area (TPSA) is 55.8 Å². The van der Waals surface area contributed by atoms with Crippen LogP contribution in [0.4, 0.5) is 0 Å². The minimum absolute atomic E-state index is 0.361. The van der Waals surface area contributed by atoms with E-state index in [-0.39, 0.29) is 5.78 Å². The average molecular weight is 274 g/mol. The molecular formula is C16H18O4. The van der Waals surface area contributed by atoms with Gasteiger partial charge in [0.25, 0.3) is 0 Å². The highest BCUT2D eigenvalue weighted by molar-refractivity contribution is 5.89. The van der Waals surface area contributed by atoms with Gasteiger partial charge in [-0.25, -0.2) is 0 Å². The number of aliphatic hydroxyl groups excluding tert-OH is 1. The Labute approximate surface area is 118 Å². The molecule has 4 nitrogen and oxygen atoms in total. The lowest BCUT2D eigenvalue weighted by Gasteiger charge is -2.35. The maximum atomic E-state index is 12.5. The van der Waals surface area contributed by atoms with E-state index in [1.54, 1.807) is 48.6 Å². The Morgan fingerprint density at radius 3 is 2.45 bits per heavy atom. The maximum Gasteiger partial charge on any atom is 0.201 e. The van der Waals surface area contributed by atoms with Crippen LogP contribution in [0.25, 0.3) is 0 Å². The van der Waals surface area contributed by atoms with Gasteiger partial charge in [0.05, 0.1) is 5.92 Å². The minimum Gasteiger partial charge on any atom is -0.381 e. The van der Waals surface area contributed by atoms with Gasteiger partial charge in [-0.3, -0.25) is 4.79 Å². The molecule has 2 atom stereocenters. The third-order valence-electron chi connectivity index (χ3n) is 3.51. The van der Waals surface area contributed by atoms with Gasteiger partial charge in [0.15, 0.2) is 5.78 Å². The van der Waals surface area contributed by atoms with Crippen molar-refractivity contribution in [2.24, 2.45) is 5.92 Å². The summed E-state index contributed by atoms with van der Waals surface area (Å²) in [5.41, 5.74) is 0.557. The molecule has 2 unspecified atom stereocenters. The maximum absolute atomic E-state index is 12.5. The van der Waals surface area contributed by atoms with Crippen LogP contribution >= 0.6 is 0 Å². The molecule has 106 valence electrons. The van der Waals surface area contributed by atoms with Crippen LogP contribution in [0.3, 0.4) is 0 Å². The molecule has 0 aliphatic heterocycles. The van der Waals surface area contributed by atoms with E-state index in [1.165, 1.54) is 14.2 Å². The molecular weight excluding hydrogens is 256 g/mol. The molecule has 0 saturated carbocycles. The molecule has 20 heavy (non-hydrogen) atoms. The summed E-state index contributed by atoms with van der Waals surface area (Å²) in [5, 5.41) is 10.2. The van der Waals surface area contributed by atoms with E-state index >= 15 is 0 Å². The first kappa shape index (κ1) is 14.7. The molecule has 0 bridgehead atoms. The summed E-state index contributed by atoms with van der Waals surface area (Å²) >= 11 is 0. The number of hydrogen-bond donors (Lipinski definition) is 1. The number of ketones is 1. The van der Waals surface area contributed by atoms with Crippen molar-refractivity contribution in [3.05, 3.63) is 60.2 Å². The number of carbonyl (C=O) groups excluding carboxylic acids is 1. The van der Waals surface area contributed by atoms with Crippen molar-refractivity contribution in [2.45, 2.75) is 11.9 Å². The van der Waals surface area contributed by atoms with Gasteiger partial charge in [0, 0.05) is 14.2 Å². The second-order valence-corrected chi connectivity index (χ2v) is 4.57. The quantitative estimate of drug-likeness (QED) is 0.835. The van der Waals surface area contributed by atoms with E-state index in [0.29, 0.717) is 5.56 Å². The molecule has 0 saturated heterocycles. The van der Waals surface area contributed by atoms with Crippen molar-refractivity contribution >= 4 is 5.78 Å². The molecule has 0 radical (unpaired) electrons. The number of Topliss-reactive ketones (excluding diaryl/α,β-unsaturated/α-hetero) is 1. The van der Waals surface area contributed by atoms with Gasteiger partial charge in [0.2, 0.25) is 5.79 Å². The number of benzene rings is 1. The zero-order chi connectivity index (χ0) is 14.6. The summed E-state index contributed by atoms with van der Waals surface area (Å²) in [7, 11) is 2.95. The highest BCUT2D eigenvalue weighted by Crippen LogP contribution is 2.33. The third kappa shape index (κ3) is 2.58. The number of hydrogen-bond acceptors (Lipinski definition) is 4. The highest BCUT2D eigenvalue weighted by atomic mass is 16.7. The van der Waals surface area contributed by atoms with Crippen molar-refractivity contribution < 1.29 is 19.4 Å². The van der Waals surface area contributed by atoms with Crippen LogP contribution in [0.15, 0.2) is 54.6 Å². The number of allylic oxidation sites excluding steroid dienone is 2. The predicted octanol–water partition coefficient (Wildman–Crippen LogP) is 2.02. The van der Waals surface area contributed by atoms with Gasteiger partial charge in [0.1, 0.15) is 6.10 Å². The molecule has 0 amide bonds. The second kappa shape index (κ2) is 6.13. The molecule has 1 N–H and O–H groups in total. The molecule has 0 fully saturated rings. The van der Waals surface area contributed by atoms with E-state index in [2.05, 4.69) is 0 Å². The van der Waals surface area contributed by atoms with Crippen molar-refractivity contribution in [3.63, 3.8) is 0 Å². The number of ether oxygens (including phenoxy) is 2. The predicted molar refractivity (Wildman–Crippen MR) is 74.9 cm³/mol. The van der Waals surface area contributed by atoms with Crippen LogP contribution in [0, 0.1) is 5.92 Å². The second-order valence-electron chi connectivity index (χ2n) is 4.57. The Kier molecular flexibility index (Phi) is 4.49. The molecule has 1 aromatic carbocycles. The lowest BCUT2D eigenvalue weighted by atomic mass is 9.85. The lowest BCUT2D eigenvalue weighted by Crippen LogP contribution is -2.45. The highest BCUT2D eigenvalue weighted by Gasteiger charge is 2.43. The number of rotatable bonds is 5. The minimum atomic E-state index is -1.21. The van der Waals surface area contributed by atoms with Crippen molar-refractivity contribution in [3.8, 4) is 0 Å². The lowest BCUT2D eigenvalue weighted by molar-refractivity contribution is -0.199. The first-order chi connectivity index (χ1) is 9.64. The molecule has 0 spiro atoms. The first-order valence-corrected chi connectivity index (χ1v) is 6.37. The van der Waals surface area contributed by atoms with Gasteiger partial charge in [-0.1, -0.05) is 48.6 Å². The van der Waals surface area contributed by atoms with Crippen LogP contribution in [0.1, 0.15) is 11.7 Å². The number of aliphatic hydroxyl groups is 1. The molecule has 0 heterocycles. The average Bonchev–Trinajstić information content (AvgIpc) is 2.54. The Morgan fingerprint density at radius 2 is 1.85 bits per heavy atom. The zero-order valence-corrected chi connectivity index (χ0v) is 11.5. The number of methoxy groups -OCH3 is 2. The van der Waals surface area contributed by atoms with E-state index in [4.69, 9.17) is 9.47 Å². The molecule has 1 aliphatic rings. The molecule has 2 rings (SSSR count). The monoisotopic (exact) mass is 274 g/mol. The van der Waals surface area contributed by atoms with Crippen molar-refractivity contribution in [2.75, 3.05) is 14.2 Å². The number of carbonyl (C=O) groups is 1. The van der Waals surface area contributed by atoms with E-state index in [9.17, 15) is 9.90 Å². The molecule has 0 aromatic heterocycles. The van der Waals surface area contributed by atoms with Crippen LogP contribution in [0.2, 0.25) is 0 Å². The van der Waals surface area contributed by atoms with E-state index in [0.717, 1.165) is 0 Å². The first-order valence-electron chi connectivity index (χ1n) is 6.37. The Bertz CT molecular complexity index is 515. The largest absolute Gasteiger partial charge is 0.381 e. The fourth-order valence-corrected chi connectivity index (χ4v) is 2.34. The molecule has 1 aliphatic carbocycles. The van der Waals surface area contributed by atoms with E-state index < -0.39 is 17.8 Å². The molecule has 1 aromatic rings. The summed E-state index contributed by atoms with van der Waals surface area (Å²) in [6.45, 7) is 0. The smallest absolute Gasteiger partial charge is 0.201 e. The Morgan fingerprint density at radius 1 is 1.20 bits per heavy atom. The summed E-state index contributed by atoms with van der Waals surface area (Å²) in [5.74, 6) is -2.22. The normalized spacial score (nSPS) is 21.6. The zero-order valence-electron chi connectivity index (χ0n) is 11.5. The molecule has 4 heteroatoms. The van der Waals surface area contributed by atoms with Crippen LogP contribution in [-0.2, 0) is 14.3 Å². The van der Waals surface area contributed by atoms with Crippen LogP contribution in [0.5, 0.6) is 0 Å². The van der Waals surface area contributed by atoms with Gasteiger partial charge in [-0.15, -0.1) is 0 Å². The summed E-state index contributed by atoms with van der Waals surface area (Å²) in [4.78, 5) is 12.5.